The van der Waals surface area contributed by atoms with Crippen LogP contribution in [0.3, 0.4) is 0 Å². The Kier molecular flexibility index (Phi) is 7.58. The molecule has 0 aromatic heterocycles. The highest BCUT2D eigenvalue weighted by Crippen LogP contribution is 2.13. The Labute approximate surface area is 140 Å². The van der Waals surface area contributed by atoms with Gasteiger partial charge in [-0.2, -0.15) is 0 Å². The Bertz CT molecular complexity index is 569. The molecule has 2 N–H and O–H groups in total. The first kappa shape index (κ1) is 19.5. The van der Waals surface area contributed by atoms with Crippen molar-refractivity contribution in [3.8, 4) is 0 Å². The first-order valence-corrected chi connectivity index (χ1v) is 7.46. The zero-order chi connectivity index (χ0) is 16.1. The summed E-state index contributed by atoms with van der Waals surface area (Å²) < 4.78 is 26.3. The number of amides is 1. The topological polar surface area (TPSA) is 58.2 Å². The summed E-state index contributed by atoms with van der Waals surface area (Å²) in [6.07, 6.45) is 1.63. The molecule has 2 rings (SSSR count). The lowest BCUT2D eigenvalue weighted by atomic mass is 10.00. The monoisotopic (exact) mass is 346 g/mol. The first-order chi connectivity index (χ1) is 10.5. The molecule has 4 nitrogen and oxygen atoms in total. The van der Waals surface area contributed by atoms with Gasteiger partial charge in [0.15, 0.2) is 5.78 Å². The van der Waals surface area contributed by atoms with Crippen molar-refractivity contribution in [2.24, 2.45) is 0 Å². The number of carbonyl (C=O) groups is 2. The molecule has 1 aliphatic heterocycles. The number of carbonyl (C=O) groups excluding carboxylic acids is 2. The number of Topliss-reactive ketones (excluding diaryl/α,β-unsaturated/α-hetero) is 1. The van der Waals surface area contributed by atoms with Crippen molar-refractivity contribution in [3.63, 3.8) is 0 Å². The van der Waals surface area contributed by atoms with Gasteiger partial charge in [-0.05, 0) is 38.4 Å². The van der Waals surface area contributed by atoms with Crippen LogP contribution in [0.4, 0.5) is 8.78 Å². The molecule has 2 atom stereocenters. The van der Waals surface area contributed by atoms with Gasteiger partial charge in [0.1, 0.15) is 11.6 Å². The average molecular weight is 347 g/mol. The maximum Gasteiger partial charge on any atom is 0.220 e. The molecule has 0 bridgehead atoms. The summed E-state index contributed by atoms with van der Waals surface area (Å²) in [5.74, 6) is -2.33. The number of nitrogens with one attached hydrogen (secondary N) is 2. The molecule has 7 heteroatoms. The van der Waals surface area contributed by atoms with Crippen LogP contribution in [0, 0.1) is 11.6 Å². The van der Waals surface area contributed by atoms with E-state index in [1.165, 1.54) is 0 Å². The van der Waals surface area contributed by atoms with Gasteiger partial charge in [-0.15, -0.1) is 12.4 Å². The molecule has 1 fully saturated rings. The summed E-state index contributed by atoms with van der Waals surface area (Å²) in [5.41, 5.74) is -0.176. The van der Waals surface area contributed by atoms with Crippen molar-refractivity contribution in [2.45, 2.75) is 44.7 Å². The second-order valence-corrected chi connectivity index (χ2v) is 5.69. The third-order valence-electron chi connectivity index (χ3n) is 3.80. The van der Waals surface area contributed by atoms with E-state index < -0.39 is 17.4 Å². The number of hydrogen-bond acceptors (Lipinski definition) is 3. The van der Waals surface area contributed by atoms with E-state index in [4.69, 9.17) is 0 Å². The zero-order valence-corrected chi connectivity index (χ0v) is 13.7. The third-order valence-corrected chi connectivity index (χ3v) is 3.80. The van der Waals surface area contributed by atoms with Crippen LogP contribution in [0.2, 0.25) is 0 Å². The molecule has 0 spiro atoms. The Balaban J connectivity index is 0.00000264. The van der Waals surface area contributed by atoms with Gasteiger partial charge in [-0.1, -0.05) is 0 Å². The Morgan fingerprint density at radius 1 is 1.30 bits per heavy atom. The second-order valence-electron chi connectivity index (χ2n) is 5.69. The van der Waals surface area contributed by atoms with E-state index in [0.717, 1.165) is 31.5 Å². The number of benzene rings is 1. The fourth-order valence-electron chi connectivity index (χ4n) is 2.64. The van der Waals surface area contributed by atoms with Crippen LogP contribution in [-0.4, -0.2) is 30.3 Å². The predicted octanol–water partition coefficient (Wildman–Crippen LogP) is 2.61. The van der Waals surface area contributed by atoms with Crippen molar-refractivity contribution in [2.75, 3.05) is 6.54 Å². The maximum absolute atomic E-state index is 13.5. The average Bonchev–Trinajstić information content (AvgIpc) is 2.45. The molecule has 0 radical (unpaired) electrons. The van der Waals surface area contributed by atoms with Crippen LogP contribution < -0.4 is 10.6 Å². The van der Waals surface area contributed by atoms with E-state index in [1.54, 1.807) is 0 Å². The van der Waals surface area contributed by atoms with Crippen LogP contribution >= 0.6 is 12.4 Å². The quantitative estimate of drug-likeness (QED) is 0.806. The van der Waals surface area contributed by atoms with Gasteiger partial charge in [0.25, 0.3) is 0 Å². The summed E-state index contributed by atoms with van der Waals surface area (Å²) in [6, 6.07) is 3.28. The van der Waals surface area contributed by atoms with Crippen LogP contribution in [-0.2, 0) is 4.79 Å². The molecule has 1 heterocycles. The summed E-state index contributed by atoms with van der Waals surface area (Å²) in [7, 11) is 0. The van der Waals surface area contributed by atoms with Gasteiger partial charge in [0.2, 0.25) is 5.91 Å². The Hall–Kier alpha value is -1.53. The smallest absolute Gasteiger partial charge is 0.220 e. The molecular formula is C16H21ClF2N2O2. The van der Waals surface area contributed by atoms with Gasteiger partial charge in [-0.25, -0.2) is 8.78 Å². The molecule has 23 heavy (non-hydrogen) atoms. The minimum absolute atomic E-state index is 0. The van der Waals surface area contributed by atoms with Crippen LogP contribution in [0.15, 0.2) is 18.2 Å². The third kappa shape index (κ3) is 5.88. The Morgan fingerprint density at radius 2 is 2.04 bits per heavy atom. The minimum Gasteiger partial charge on any atom is -0.353 e. The first-order valence-electron chi connectivity index (χ1n) is 7.46. The van der Waals surface area contributed by atoms with E-state index in [0.29, 0.717) is 12.1 Å². The van der Waals surface area contributed by atoms with Gasteiger partial charge in [0, 0.05) is 31.0 Å². The Morgan fingerprint density at radius 3 is 2.70 bits per heavy atom. The number of rotatable bonds is 5. The highest BCUT2D eigenvalue weighted by atomic mass is 35.5. The van der Waals surface area contributed by atoms with Gasteiger partial charge >= 0.3 is 0 Å². The largest absolute Gasteiger partial charge is 0.353 e. The predicted molar refractivity (Wildman–Crippen MR) is 85.8 cm³/mol. The highest BCUT2D eigenvalue weighted by Gasteiger charge is 2.20. The second kappa shape index (κ2) is 8.93. The lowest BCUT2D eigenvalue weighted by molar-refractivity contribution is -0.122. The summed E-state index contributed by atoms with van der Waals surface area (Å²) in [4.78, 5) is 23.7. The van der Waals surface area contributed by atoms with Crippen LogP contribution in [0.25, 0.3) is 0 Å². The standard InChI is InChI=1S/C16H20F2N2O2.ClH/c1-10-8-12(6-7-19-10)20-16(22)5-4-15(21)13-3-2-11(17)9-14(13)18;/h2-3,9-10,12,19H,4-8H2,1H3,(H,20,22);1H. The van der Waals surface area contributed by atoms with Crippen LogP contribution in [0.5, 0.6) is 0 Å². The van der Waals surface area contributed by atoms with E-state index in [9.17, 15) is 18.4 Å². The maximum atomic E-state index is 13.5. The lowest BCUT2D eigenvalue weighted by Crippen LogP contribution is -2.46. The molecule has 128 valence electrons. The number of piperidine rings is 1. The van der Waals surface area contributed by atoms with E-state index >= 15 is 0 Å². The fourth-order valence-corrected chi connectivity index (χ4v) is 2.64. The molecular weight excluding hydrogens is 326 g/mol. The molecule has 1 amide bonds. The number of halogens is 3. The summed E-state index contributed by atoms with van der Waals surface area (Å²) in [5, 5.41) is 6.18. The number of hydrogen-bond donors (Lipinski definition) is 2. The molecule has 2 unspecified atom stereocenters. The van der Waals surface area contributed by atoms with Gasteiger partial charge in [0.05, 0.1) is 5.56 Å². The highest BCUT2D eigenvalue weighted by molar-refractivity contribution is 5.98. The fraction of sp³-hybridized carbons (Fsp3) is 0.500. The van der Waals surface area contributed by atoms with Gasteiger partial charge < -0.3 is 10.6 Å². The van der Waals surface area contributed by atoms with Crippen molar-refractivity contribution in [3.05, 3.63) is 35.4 Å². The number of ketones is 1. The summed E-state index contributed by atoms with van der Waals surface area (Å²) >= 11 is 0. The molecule has 1 saturated heterocycles. The van der Waals surface area contributed by atoms with Crippen molar-refractivity contribution in [1.29, 1.82) is 0 Å². The molecule has 0 aliphatic carbocycles. The molecule has 1 aliphatic rings. The molecule has 0 saturated carbocycles. The zero-order valence-electron chi connectivity index (χ0n) is 12.9. The van der Waals surface area contributed by atoms with Crippen molar-refractivity contribution in [1.82, 2.24) is 10.6 Å². The van der Waals surface area contributed by atoms with Gasteiger partial charge in [-0.3, -0.25) is 9.59 Å². The van der Waals surface area contributed by atoms with Crippen molar-refractivity contribution < 1.29 is 18.4 Å². The van der Waals surface area contributed by atoms with E-state index in [1.807, 2.05) is 0 Å². The molecule has 1 aromatic rings. The molecule has 1 aromatic carbocycles. The van der Waals surface area contributed by atoms with Crippen LogP contribution in [0.1, 0.15) is 43.0 Å². The lowest BCUT2D eigenvalue weighted by Gasteiger charge is -2.28. The minimum atomic E-state index is -0.891. The van der Waals surface area contributed by atoms with E-state index in [-0.39, 0.29) is 42.8 Å². The summed E-state index contributed by atoms with van der Waals surface area (Å²) in [6.45, 7) is 2.91. The van der Waals surface area contributed by atoms with Crippen molar-refractivity contribution >= 4 is 24.1 Å². The van der Waals surface area contributed by atoms with E-state index in [2.05, 4.69) is 17.6 Å². The SMILES string of the molecule is CC1CC(NC(=O)CCC(=O)c2ccc(F)cc2F)CCN1.Cl. The normalized spacial score (nSPS) is 20.5.